The molecular weight excluding hydrogens is 338 g/mol. The van der Waals surface area contributed by atoms with Gasteiger partial charge in [-0.3, -0.25) is 4.21 Å². The summed E-state index contributed by atoms with van der Waals surface area (Å²) in [6, 6.07) is 3.05. The number of rotatable bonds is 3. The van der Waals surface area contributed by atoms with Crippen LogP contribution in [0.4, 0.5) is 4.79 Å². The Morgan fingerprint density at radius 3 is 2.74 bits per heavy atom. The van der Waals surface area contributed by atoms with E-state index in [1.54, 1.807) is 17.0 Å². The third-order valence-corrected chi connectivity index (χ3v) is 5.01. The van der Waals surface area contributed by atoms with E-state index in [-0.39, 0.29) is 17.3 Å². The number of piperidine rings is 1. The number of amides is 1. The Morgan fingerprint density at radius 2 is 2.13 bits per heavy atom. The molecule has 8 heteroatoms. The molecule has 1 aromatic rings. The lowest BCUT2D eigenvalue weighted by Gasteiger charge is -2.36. The molecule has 2 atom stereocenters. The topological polar surface area (TPSA) is 72.4 Å². The molecule has 2 heterocycles. The van der Waals surface area contributed by atoms with Crippen LogP contribution in [0.5, 0.6) is 0 Å². The maximum absolute atomic E-state index is 12.5. The Balaban J connectivity index is 2.04. The van der Waals surface area contributed by atoms with Gasteiger partial charge in [0.25, 0.3) is 0 Å². The summed E-state index contributed by atoms with van der Waals surface area (Å²) < 4.78 is 17.9. The Kier molecular flexibility index (Phi) is 5.97. The van der Waals surface area contributed by atoms with Crippen molar-refractivity contribution in [1.29, 1.82) is 0 Å². The summed E-state index contributed by atoms with van der Waals surface area (Å²) in [5.41, 5.74) is -0.542. The average molecular weight is 360 g/mol. The first-order chi connectivity index (χ1) is 10.8. The van der Waals surface area contributed by atoms with Crippen molar-refractivity contribution in [2.75, 3.05) is 12.3 Å². The molecule has 0 aliphatic carbocycles. The molecule has 1 amide bonds. The first-order valence-corrected chi connectivity index (χ1v) is 9.33. The molecule has 0 bridgehead atoms. The summed E-state index contributed by atoms with van der Waals surface area (Å²) >= 11 is 5.69. The molecule has 0 spiro atoms. The van der Waals surface area contributed by atoms with Gasteiger partial charge in [0.2, 0.25) is 0 Å². The van der Waals surface area contributed by atoms with E-state index < -0.39 is 16.4 Å². The van der Waals surface area contributed by atoms with Gasteiger partial charge >= 0.3 is 6.09 Å². The molecule has 1 saturated heterocycles. The molecule has 128 valence electrons. The third-order valence-electron chi connectivity index (χ3n) is 3.44. The predicted molar refractivity (Wildman–Crippen MR) is 88.9 cm³/mol. The number of nitrogens with zero attached hydrogens (tertiary/aromatic N) is 3. The van der Waals surface area contributed by atoms with E-state index in [1.165, 1.54) is 0 Å². The van der Waals surface area contributed by atoms with Crippen molar-refractivity contribution in [3.8, 4) is 0 Å². The Bertz CT molecular complexity index is 574. The number of ether oxygens (including phenoxy) is 1. The lowest BCUT2D eigenvalue weighted by Crippen LogP contribution is -2.48. The highest BCUT2D eigenvalue weighted by Crippen LogP contribution is 2.22. The fourth-order valence-corrected chi connectivity index (χ4v) is 3.74. The zero-order valence-electron chi connectivity index (χ0n) is 13.6. The summed E-state index contributed by atoms with van der Waals surface area (Å²) in [7, 11) is -1.33. The molecule has 0 N–H and O–H groups in total. The summed E-state index contributed by atoms with van der Waals surface area (Å²) in [5, 5.41) is 8.21. The molecule has 0 unspecified atom stereocenters. The van der Waals surface area contributed by atoms with Crippen LogP contribution in [0.2, 0.25) is 5.15 Å². The Hall–Kier alpha value is -1.21. The van der Waals surface area contributed by atoms with Gasteiger partial charge < -0.3 is 9.64 Å². The van der Waals surface area contributed by atoms with E-state index in [1.807, 2.05) is 20.8 Å². The monoisotopic (exact) mass is 359 g/mol. The van der Waals surface area contributed by atoms with E-state index in [0.29, 0.717) is 17.3 Å². The highest BCUT2D eigenvalue weighted by atomic mass is 35.5. The van der Waals surface area contributed by atoms with E-state index >= 15 is 0 Å². The number of halogens is 1. The maximum atomic E-state index is 12.5. The molecule has 6 nitrogen and oxygen atoms in total. The van der Waals surface area contributed by atoms with Crippen molar-refractivity contribution in [3.05, 3.63) is 17.3 Å². The zero-order chi connectivity index (χ0) is 17.0. The van der Waals surface area contributed by atoms with Gasteiger partial charge in [0.05, 0.1) is 16.6 Å². The number of hydrogen-bond donors (Lipinski definition) is 0. The second-order valence-corrected chi connectivity index (χ2v) is 8.36. The largest absolute Gasteiger partial charge is 0.444 e. The summed E-state index contributed by atoms with van der Waals surface area (Å²) in [5.74, 6) is 0.329. The second-order valence-electron chi connectivity index (χ2n) is 6.53. The van der Waals surface area contributed by atoms with Gasteiger partial charge in [0.15, 0.2) is 5.15 Å². The number of aromatic nitrogens is 2. The highest BCUT2D eigenvalue weighted by Gasteiger charge is 2.31. The predicted octanol–water partition coefficient (Wildman–Crippen LogP) is 3.03. The van der Waals surface area contributed by atoms with E-state index in [9.17, 15) is 9.00 Å². The lowest BCUT2D eigenvalue weighted by molar-refractivity contribution is 0.0125. The van der Waals surface area contributed by atoms with Crippen molar-refractivity contribution in [2.24, 2.45) is 0 Å². The van der Waals surface area contributed by atoms with E-state index in [0.717, 1.165) is 19.3 Å². The van der Waals surface area contributed by atoms with Crippen molar-refractivity contribution in [2.45, 2.75) is 56.7 Å². The quantitative estimate of drug-likeness (QED) is 0.829. The number of carbonyl (C=O) groups excluding carboxylic acids is 1. The van der Waals surface area contributed by atoms with Crippen LogP contribution in [0.1, 0.15) is 40.0 Å². The van der Waals surface area contributed by atoms with Crippen molar-refractivity contribution in [3.63, 3.8) is 0 Å². The van der Waals surface area contributed by atoms with Gasteiger partial charge in [-0.05, 0) is 52.2 Å². The maximum Gasteiger partial charge on any atom is 0.410 e. The van der Waals surface area contributed by atoms with Crippen LogP contribution in [0, 0.1) is 0 Å². The van der Waals surface area contributed by atoms with Crippen LogP contribution in [0.3, 0.4) is 0 Å². The highest BCUT2D eigenvalue weighted by molar-refractivity contribution is 7.85. The zero-order valence-corrected chi connectivity index (χ0v) is 15.2. The molecule has 1 aliphatic rings. The molecule has 2 rings (SSSR count). The van der Waals surface area contributed by atoms with Gasteiger partial charge in [-0.15, -0.1) is 10.2 Å². The lowest BCUT2D eigenvalue weighted by atomic mass is 10.0. The van der Waals surface area contributed by atoms with Crippen molar-refractivity contribution >= 4 is 28.5 Å². The summed E-state index contributed by atoms with van der Waals surface area (Å²) in [4.78, 5) is 14.0. The molecule has 0 radical (unpaired) electrons. The standard InChI is InChI=1S/C15H22ClN3O3S/c1-15(2,3)22-14(20)19-9-5-4-6-11(19)10-23(21)13-8-7-12(16)17-18-13/h7-8,11H,4-6,9-10H2,1-3H3/t11-,23+/m1/s1. The van der Waals surface area contributed by atoms with Crippen LogP contribution in [-0.4, -0.2) is 49.3 Å². The van der Waals surface area contributed by atoms with Gasteiger partial charge in [-0.25, -0.2) is 4.79 Å². The average Bonchev–Trinajstić information content (AvgIpc) is 2.46. The molecule has 23 heavy (non-hydrogen) atoms. The van der Waals surface area contributed by atoms with Gasteiger partial charge in [0, 0.05) is 12.6 Å². The number of carbonyl (C=O) groups is 1. The van der Waals surface area contributed by atoms with Gasteiger partial charge in [-0.1, -0.05) is 11.6 Å². The minimum Gasteiger partial charge on any atom is -0.444 e. The van der Waals surface area contributed by atoms with Crippen LogP contribution in [0.25, 0.3) is 0 Å². The van der Waals surface area contributed by atoms with Crippen LogP contribution >= 0.6 is 11.6 Å². The van der Waals surface area contributed by atoms with Gasteiger partial charge in [0.1, 0.15) is 10.6 Å². The molecule has 1 aromatic heterocycles. The molecule has 1 fully saturated rings. The SMILES string of the molecule is CC(C)(C)OC(=O)N1CCCC[C@@H]1C[S@](=O)c1ccc(Cl)nn1. The van der Waals surface area contributed by atoms with Gasteiger partial charge in [-0.2, -0.15) is 0 Å². The molecule has 1 aliphatic heterocycles. The van der Waals surface area contributed by atoms with Crippen LogP contribution in [-0.2, 0) is 15.5 Å². The molecular formula is C15H22ClN3O3S. The summed E-state index contributed by atoms with van der Waals surface area (Å²) in [6.07, 6.45) is 2.41. The first kappa shape index (κ1) is 18.1. The van der Waals surface area contributed by atoms with Crippen molar-refractivity contribution < 1.29 is 13.7 Å². The second kappa shape index (κ2) is 7.57. The van der Waals surface area contributed by atoms with E-state index in [2.05, 4.69) is 10.2 Å². The van der Waals surface area contributed by atoms with Crippen LogP contribution in [0.15, 0.2) is 17.2 Å². The number of hydrogen-bond acceptors (Lipinski definition) is 5. The van der Waals surface area contributed by atoms with Crippen LogP contribution < -0.4 is 0 Å². The fourth-order valence-electron chi connectivity index (χ4n) is 2.42. The minimum atomic E-state index is -1.33. The third kappa shape index (κ3) is 5.42. The minimum absolute atomic E-state index is 0.114. The fraction of sp³-hybridized carbons (Fsp3) is 0.667. The first-order valence-electron chi connectivity index (χ1n) is 7.63. The number of likely N-dealkylation sites (tertiary alicyclic amines) is 1. The van der Waals surface area contributed by atoms with Crippen molar-refractivity contribution in [1.82, 2.24) is 15.1 Å². The smallest absolute Gasteiger partial charge is 0.410 e. The normalized spacial score (nSPS) is 20.2. The molecule has 0 aromatic carbocycles. The molecule has 0 saturated carbocycles. The Morgan fingerprint density at radius 1 is 1.39 bits per heavy atom. The van der Waals surface area contributed by atoms with E-state index in [4.69, 9.17) is 16.3 Å². The summed E-state index contributed by atoms with van der Waals surface area (Å²) in [6.45, 7) is 6.14. The Labute approximate surface area is 144 Å².